The standard InChI is InChI=1S/C23H29N3O5/c1-16(2)15-26(13-12-21(27)25-31)23(30)24-20(22(28)29)14-17-8-10-19(11-9-17)18-6-4-3-5-7-18/h3-11,16,20,31H,12-15H2,1-2H3,(H,24,30)(H,25,27)(H,28,29)/t20-/m0/s1. The van der Waals surface area contributed by atoms with Gasteiger partial charge in [-0.2, -0.15) is 0 Å². The molecule has 0 radical (unpaired) electrons. The summed E-state index contributed by atoms with van der Waals surface area (Å²) in [5.74, 6) is -1.63. The molecule has 0 saturated heterocycles. The molecule has 2 aromatic rings. The van der Waals surface area contributed by atoms with Gasteiger partial charge in [-0.15, -0.1) is 0 Å². The molecular weight excluding hydrogens is 398 g/mol. The minimum absolute atomic E-state index is 0.0640. The van der Waals surface area contributed by atoms with Crippen LogP contribution in [-0.2, 0) is 16.0 Å². The second-order valence-electron chi connectivity index (χ2n) is 7.73. The predicted molar refractivity (Wildman–Crippen MR) is 116 cm³/mol. The highest BCUT2D eigenvalue weighted by molar-refractivity contribution is 5.83. The van der Waals surface area contributed by atoms with Crippen molar-refractivity contribution >= 4 is 17.9 Å². The second kappa shape index (κ2) is 11.7. The first-order valence-electron chi connectivity index (χ1n) is 10.2. The smallest absolute Gasteiger partial charge is 0.326 e. The molecule has 0 bridgehead atoms. The van der Waals surface area contributed by atoms with Crippen LogP contribution in [0.4, 0.5) is 4.79 Å². The molecule has 8 nitrogen and oxygen atoms in total. The summed E-state index contributed by atoms with van der Waals surface area (Å²) in [7, 11) is 0. The molecule has 2 rings (SSSR count). The van der Waals surface area contributed by atoms with E-state index in [2.05, 4.69) is 5.32 Å². The molecular formula is C23H29N3O5. The molecule has 31 heavy (non-hydrogen) atoms. The molecule has 0 saturated carbocycles. The zero-order valence-electron chi connectivity index (χ0n) is 17.7. The number of carboxylic acids is 1. The number of carboxylic acid groups (broad SMARTS) is 1. The fourth-order valence-corrected chi connectivity index (χ4v) is 3.15. The van der Waals surface area contributed by atoms with Crippen molar-refractivity contribution in [2.75, 3.05) is 13.1 Å². The minimum atomic E-state index is -1.14. The van der Waals surface area contributed by atoms with Gasteiger partial charge < -0.3 is 15.3 Å². The van der Waals surface area contributed by atoms with Gasteiger partial charge in [-0.25, -0.2) is 15.1 Å². The number of nitrogens with zero attached hydrogens (tertiary/aromatic N) is 1. The first-order valence-corrected chi connectivity index (χ1v) is 10.2. The van der Waals surface area contributed by atoms with Gasteiger partial charge in [0, 0.05) is 25.9 Å². The van der Waals surface area contributed by atoms with Crippen LogP contribution >= 0.6 is 0 Å². The largest absolute Gasteiger partial charge is 0.480 e. The van der Waals surface area contributed by atoms with E-state index in [9.17, 15) is 19.5 Å². The van der Waals surface area contributed by atoms with E-state index in [0.29, 0.717) is 6.54 Å². The van der Waals surface area contributed by atoms with Crippen LogP contribution in [0.1, 0.15) is 25.8 Å². The molecule has 0 aliphatic heterocycles. The quantitative estimate of drug-likeness (QED) is 0.343. The van der Waals surface area contributed by atoms with Gasteiger partial charge in [-0.3, -0.25) is 10.0 Å². The number of hydrogen-bond donors (Lipinski definition) is 4. The lowest BCUT2D eigenvalue weighted by molar-refractivity contribution is -0.139. The molecule has 1 atom stereocenters. The van der Waals surface area contributed by atoms with Gasteiger partial charge in [-0.05, 0) is 22.6 Å². The van der Waals surface area contributed by atoms with Gasteiger partial charge in [-0.1, -0.05) is 68.4 Å². The van der Waals surface area contributed by atoms with Crippen LogP contribution in [0.5, 0.6) is 0 Å². The van der Waals surface area contributed by atoms with Crippen LogP contribution in [0, 0.1) is 5.92 Å². The highest BCUT2D eigenvalue weighted by atomic mass is 16.5. The number of rotatable bonds is 10. The third-order valence-corrected chi connectivity index (χ3v) is 4.70. The molecule has 3 amide bonds. The lowest BCUT2D eigenvalue weighted by atomic mass is 10.0. The number of carbonyl (C=O) groups is 3. The summed E-state index contributed by atoms with van der Waals surface area (Å²) >= 11 is 0. The first-order chi connectivity index (χ1) is 14.8. The summed E-state index contributed by atoms with van der Waals surface area (Å²) in [6, 6.07) is 15.7. The van der Waals surface area contributed by atoms with E-state index < -0.39 is 23.9 Å². The van der Waals surface area contributed by atoms with Crippen molar-refractivity contribution in [1.29, 1.82) is 0 Å². The Morgan fingerprint density at radius 2 is 1.58 bits per heavy atom. The summed E-state index contributed by atoms with van der Waals surface area (Å²) in [4.78, 5) is 37.1. The number of hydroxylamine groups is 1. The Bertz CT molecular complexity index is 869. The lowest BCUT2D eigenvalue weighted by Gasteiger charge is -2.26. The lowest BCUT2D eigenvalue weighted by Crippen LogP contribution is -2.50. The van der Waals surface area contributed by atoms with Gasteiger partial charge in [0.1, 0.15) is 6.04 Å². The van der Waals surface area contributed by atoms with Crippen LogP contribution in [0.3, 0.4) is 0 Å². The zero-order valence-corrected chi connectivity index (χ0v) is 17.7. The number of aliphatic carboxylic acids is 1. The number of hydrogen-bond acceptors (Lipinski definition) is 4. The van der Waals surface area contributed by atoms with Crippen molar-refractivity contribution in [2.24, 2.45) is 5.92 Å². The fraction of sp³-hybridized carbons (Fsp3) is 0.348. The Hall–Kier alpha value is -3.39. The predicted octanol–water partition coefficient (Wildman–Crippen LogP) is 2.91. The third-order valence-electron chi connectivity index (χ3n) is 4.70. The van der Waals surface area contributed by atoms with Crippen LogP contribution in [0.2, 0.25) is 0 Å². The molecule has 2 aromatic carbocycles. The van der Waals surface area contributed by atoms with E-state index in [1.165, 1.54) is 10.4 Å². The summed E-state index contributed by atoms with van der Waals surface area (Å²) < 4.78 is 0. The second-order valence-corrected chi connectivity index (χ2v) is 7.73. The average molecular weight is 428 g/mol. The van der Waals surface area contributed by atoms with Crippen molar-refractivity contribution in [3.05, 3.63) is 60.2 Å². The number of urea groups is 1. The maximum atomic E-state index is 12.7. The van der Waals surface area contributed by atoms with E-state index in [1.54, 1.807) is 0 Å². The van der Waals surface area contributed by atoms with E-state index in [0.717, 1.165) is 16.7 Å². The van der Waals surface area contributed by atoms with E-state index >= 15 is 0 Å². The number of nitrogens with one attached hydrogen (secondary N) is 2. The average Bonchev–Trinajstić information content (AvgIpc) is 2.76. The van der Waals surface area contributed by atoms with Crippen molar-refractivity contribution in [2.45, 2.75) is 32.7 Å². The Labute approximate surface area is 181 Å². The zero-order chi connectivity index (χ0) is 22.8. The Kier molecular flexibility index (Phi) is 9.02. The molecule has 0 aromatic heterocycles. The monoisotopic (exact) mass is 427 g/mol. The first kappa shape index (κ1) is 23.9. The molecule has 0 aliphatic carbocycles. The van der Waals surface area contributed by atoms with Gasteiger partial charge in [0.15, 0.2) is 0 Å². The van der Waals surface area contributed by atoms with Crippen molar-refractivity contribution in [3.63, 3.8) is 0 Å². The van der Waals surface area contributed by atoms with Gasteiger partial charge in [0.25, 0.3) is 0 Å². The maximum Gasteiger partial charge on any atom is 0.326 e. The summed E-state index contributed by atoms with van der Waals surface area (Å²) in [5.41, 5.74) is 4.39. The SMILES string of the molecule is CC(C)CN(CCC(=O)NO)C(=O)N[C@@H](Cc1ccc(-c2ccccc2)cc1)C(=O)O. The van der Waals surface area contributed by atoms with Crippen LogP contribution in [0.15, 0.2) is 54.6 Å². The normalized spacial score (nSPS) is 11.6. The van der Waals surface area contributed by atoms with Crippen molar-refractivity contribution in [1.82, 2.24) is 15.7 Å². The highest BCUT2D eigenvalue weighted by Crippen LogP contribution is 2.19. The molecule has 4 N–H and O–H groups in total. The summed E-state index contributed by atoms with van der Waals surface area (Å²) in [5, 5.41) is 20.8. The van der Waals surface area contributed by atoms with Crippen molar-refractivity contribution in [3.8, 4) is 11.1 Å². The Morgan fingerprint density at radius 1 is 0.968 bits per heavy atom. The Morgan fingerprint density at radius 3 is 2.13 bits per heavy atom. The Balaban J connectivity index is 2.05. The highest BCUT2D eigenvalue weighted by Gasteiger charge is 2.24. The van der Waals surface area contributed by atoms with Gasteiger partial charge in [0.05, 0.1) is 0 Å². The molecule has 0 aliphatic rings. The van der Waals surface area contributed by atoms with Crippen LogP contribution in [-0.4, -0.2) is 52.3 Å². The summed E-state index contributed by atoms with van der Waals surface area (Å²) in [6.07, 6.45) is 0.0398. The molecule has 8 heteroatoms. The topological polar surface area (TPSA) is 119 Å². The van der Waals surface area contributed by atoms with Crippen molar-refractivity contribution < 1.29 is 24.7 Å². The minimum Gasteiger partial charge on any atom is -0.480 e. The number of carbonyl (C=O) groups excluding carboxylic acids is 2. The van der Waals surface area contributed by atoms with Gasteiger partial charge in [0.2, 0.25) is 5.91 Å². The maximum absolute atomic E-state index is 12.7. The van der Waals surface area contributed by atoms with Crippen LogP contribution in [0.25, 0.3) is 11.1 Å². The van der Waals surface area contributed by atoms with E-state index in [-0.39, 0.29) is 25.3 Å². The summed E-state index contributed by atoms with van der Waals surface area (Å²) in [6.45, 7) is 4.24. The molecule has 0 unspecified atom stereocenters. The van der Waals surface area contributed by atoms with E-state index in [4.69, 9.17) is 5.21 Å². The molecule has 0 heterocycles. The third kappa shape index (κ3) is 7.75. The number of benzene rings is 2. The number of amides is 3. The molecule has 166 valence electrons. The fourth-order valence-electron chi connectivity index (χ4n) is 3.15. The molecule has 0 fully saturated rings. The van der Waals surface area contributed by atoms with Gasteiger partial charge >= 0.3 is 12.0 Å². The van der Waals surface area contributed by atoms with Crippen LogP contribution < -0.4 is 10.8 Å². The van der Waals surface area contributed by atoms with E-state index in [1.807, 2.05) is 68.4 Å². The molecule has 0 spiro atoms.